The lowest BCUT2D eigenvalue weighted by molar-refractivity contribution is 0.243. The van der Waals surface area contributed by atoms with E-state index in [9.17, 15) is 4.79 Å². The lowest BCUT2D eigenvalue weighted by Crippen LogP contribution is -2.40. The number of ether oxygens (including phenoxy) is 2. The van der Waals surface area contributed by atoms with Gasteiger partial charge in [0.25, 0.3) is 0 Å². The number of hydrogen-bond donors (Lipinski definition) is 1. The molecule has 0 saturated heterocycles. The minimum absolute atomic E-state index is 0.0923. The van der Waals surface area contributed by atoms with E-state index in [0.29, 0.717) is 12.3 Å². The Kier molecular flexibility index (Phi) is 4.60. The van der Waals surface area contributed by atoms with Crippen LogP contribution in [0.5, 0.6) is 11.5 Å². The Morgan fingerprint density at radius 3 is 2.71 bits per heavy atom. The molecule has 1 N–H and O–H groups in total. The first kappa shape index (κ1) is 16.2. The Hall–Kier alpha value is -2.69. The molecule has 0 unspecified atom stereocenters. The van der Waals surface area contributed by atoms with Crippen molar-refractivity contribution in [3.8, 4) is 11.5 Å². The van der Waals surface area contributed by atoms with E-state index in [2.05, 4.69) is 11.4 Å². The molecule has 5 nitrogen and oxygen atoms in total. The molecule has 0 aliphatic carbocycles. The highest BCUT2D eigenvalue weighted by atomic mass is 16.5. The zero-order chi connectivity index (χ0) is 17.1. The molecule has 1 heterocycles. The maximum Gasteiger partial charge on any atom is 0.322 e. The SMILES string of the molecule is COc1ccc([C@@H](C)NC(=O)N2CCc3ccccc32)c(OC)c1. The second kappa shape index (κ2) is 6.83. The van der Waals surface area contributed by atoms with Crippen LogP contribution in [0.1, 0.15) is 24.1 Å². The summed E-state index contributed by atoms with van der Waals surface area (Å²) >= 11 is 0. The summed E-state index contributed by atoms with van der Waals surface area (Å²) in [5.74, 6) is 1.42. The van der Waals surface area contributed by atoms with Gasteiger partial charge in [0.2, 0.25) is 0 Å². The van der Waals surface area contributed by atoms with E-state index in [-0.39, 0.29) is 12.1 Å². The van der Waals surface area contributed by atoms with Crippen molar-refractivity contribution in [1.82, 2.24) is 5.32 Å². The molecule has 0 bridgehead atoms. The normalized spacial score (nSPS) is 14.0. The summed E-state index contributed by atoms with van der Waals surface area (Å²) in [4.78, 5) is 14.5. The second-order valence-electron chi connectivity index (χ2n) is 5.81. The van der Waals surface area contributed by atoms with Gasteiger partial charge < -0.3 is 14.8 Å². The maximum atomic E-state index is 12.7. The lowest BCUT2D eigenvalue weighted by Gasteiger charge is -2.23. The topological polar surface area (TPSA) is 50.8 Å². The fourth-order valence-corrected chi connectivity index (χ4v) is 3.07. The Morgan fingerprint density at radius 2 is 1.96 bits per heavy atom. The molecule has 0 fully saturated rings. The number of rotatable bonds is 4. The average Bonchev–Trinajstić information content (AvgIpc) is 3.05. The first-order chi connectivity index (χ1) is 11.6. The highest BCUT2D eigenvalue weighted by Gasteiger charge is 2.25. The van der Waals surface area contributed by atoms with Crippen molar-refractivity contribution in [1.29, 1.82) is 0 Å². The quantitative estimate of drug-likeness (QED) is 0.935. The molecule has 2 aromatic carbocycles. The summed E-state index contributed by atoms with van der Waals surface area (Å²) in [6, 6.07) is 13.4. The minimum Gasteiger partial charge on any atom is -0.497 e. The zero-order valence-electron chi connectivity index (χ0n) is 14.2. The van der Waals surface area contributed by atoms with E-state index < -0.39 is 0 Å². The van der Waals surface area contributed by atoms with Crippen molar-refractivity contribution < 1.29 is 14.3 Å². The highest BCUT2D eigenvalue weighted by Crippen LogP contribution is 2.31. The van der Waals surface area contributed by atoms with Crippen LogP contribution in [-0.2, 0) is 6.42 Å². The predicted octanol–water partition coefficient (Wildman–Crippen LogP) is 3.54. The molecule has 2 amide bonds. The number of fused-ring (bicyclic) bond motifs is 1. The molecule has 0 aromatic heterocycles. The van der Waals surface area contributed by atoms with Crippen LogP contribution >= 0.6 is 0 Å². The lowest BCUT2D eigenvalue weighted by atomic mass is 10.1. The number of anilines is 1. The van der Waals surface area contributed by atoms with Gasteiger partial charge in [0.1, 0.15) is 11.5 Å². The van der Waals surface area contributed by atoms with Gasteiger partial charge in [0.15, 0.2) is 0 Å². The Bertz CT molecular complexity index is 745. The number of para-hydroxylation sites is 1. The first-order valence-electron chi connectivity index (χ1n) is 8.02. The average molecular weight is 326 g/mol. The standard InChI is InChI=1S/C19H22N2O3/c1-13(16-9-8-15(23-2)12-18(16)24-3)20-19(22)21-11-10-14-6-4-5-7-17(14)21/h4-9,12-13H,10-11H2,1-3H3,(H,20,22)/t13-/m1/s1. The van der Waals surface area contributed by atoms with Gasteiger partial charge >= 0.3 is 6.03 Å². The summed E-state index contributed by atoms with van der Waals surface area (Å²) in [6.45, 7) is 2.65. The fraction of sp³-hybridized carbons (Fsp3) is 0.316. The van der Waals surface area contributed by atoms with Crippen molar-refractivity contribution in [2.75, 3.05) is 25.7 Å². The molecule has 5 heteroatoms. The third kappa shape index (κ3) is 3.02. The van der Waals surface area contributed by atoms with Gasteiger partial charge in [0.05, 0.1) is 20.3 Å². The molecule has 0 saturated carbocycles. The van der Waals surface area contributed by atoms with Gasteiger partial charge in [-0.2, -0.15) is 0 Å². The molecular weight excluding hydrogens is 304 g/mol. The number of nitrogens with one attached hydrogen (secondary N) is 1. The Labute approximate surface area is 142 Å². The van der Waals surface area contributed by atoms with Gasteiger partial charge in [0, 0.05) is 23.9 Å². The summed E-state index contributed by atoms with van der Waals surface area (Å²) in [7, 11) is 3.23. The van der Waals surface area contributed by atoms with Gasteiger partial charge in [-0.1, -0.05) is 18.2 Å². The van der Waals surface area contributed by atoms with E-state index in [1.807, 2.05) is 43.3 Å². The number of benzene rings is 2. The molecule has 2 aromatic rings. The molecule has 1 aliphatic heterocycles. The Morgan fingerprint density at radius 1 is 1.17 bits per heavy atom. The van der Waals surface area contributed by atoms with E-state index in [1.165, 1.54) is 5.56 Å². The zero-order valence-corrected chi connectivity index (χ0v) is 14.2. The number of carbonyl (C=O) groups excluding carboxylic acids is 1. The van der Waals surface area contributed by atoms with Crippen LogP contribution in [0.4, 0.5) is 10.5 Å². The third-order valence-corrected chi connectivity index (χ3v) is 4.38. The van der Waals surface area contributed by atoms with Crippen molar-refractivity contribution in [3.63, 3.8) is 0 Å². The van der Waals surface area contributed by atoms with Crippen LogP contribution in [0.2, 0.25) is 0 Å². The summed E-state index contributed by atoms with van der Waals surface area (Å²) in [5, 5.41) is 3.06. The van der Waals surface area contributed by atoms with E-state index in [4.69, 9.17) is 9.47 Å². The predicted molar refractivity (Wildman–Crippen MR) is 94.0 cm³/mol. The Balaban J connectivity index is 1.76. The summed E-state index contributed by atoms with van der Waals surface area (Å²) in [5.41, 5.74) is 3.12. The number of amides is 2. The fourth-order valence-electron chi connectivity index (χ4n) is 3.07. The van der Waals surface area contributed by atoms with Crippen molar-refractivity contribution in [2.24, 2.45) is 0 Å². The van der Waals surface area contributed by atoms with E-state index in [0.717, 1.165) is 23.4 Å². The van der Waals surface area contributed by atoms with Crippen LogP contribution in [0.25, 0.3) is 0 Å². The van der Waals surface area contributed by atoms with Gasteiger partial charge in [-0.15, -0.1) is 0 Å². The number of methoxy groups -OCH3 is 2. The highest BCUT2D eigenvalue weighted by molar-refractivity contribution is 5.94. The van der Waals surface area contributed by atoms with Crippen molar-refractivity contribution in [3.05, 3.63) is 53.6 Å². The molecule has 0 spiro atoms. The van der Waals surface area contributed by atoms with Crippen molar-refractivity contribution in [2.45, 2.75) is 19.4 Å². The first-order valence-corrected chi connectivity index (χ1v) is 8.02. The largest absolute Gasteiger partial charge is 0.497 e. The second-order valence-corrected chi connectivity index (χ2v) is 5.81. The van der Waals surface area contributed by atoms with Crippen LogP contribution in [0.3, 0.4) is 0 Å². The van der Waals surface area contributed by atoms with Gasteiger partial charge in [-0.25, -0.2) is 4.79 Å². The van der Waals surface area contributed by atoms with Gasteiger partial charge in [-0.05, 0) is 37.1 Å². The minimum atomic E-state index is -0.175. The summed E-state index contributed by atoms with van der Waals surface area (Å²) < 4.78 is 10.6. The summed E-state index contributed by atoms with van der Waals surface area (Å²) in [6.07, 6.45) is 0.893. The number of urea groups is 1. The molecular formula is C19H22N2O3. The molecule has 3 rings (SSSR count). The van der Waals surface area contributed by atoms with E-state index >= 15 is 0 Å². The van der Waals surface area contributed by atoms with Crippen LogP contribution in [0, 0.1) is 0 Å². The molecule has 0 radical (unpaired) electrons. The third-order valence-electron chi connectivity index (χ3n) is 4.38. The monoisotopic (exact) mass is 326 g/mol. The maximum absolute atomic E-state index is 12.7. The molecule has 126 valence electrons. The van der Waals surface area contributed by atoms with E-state index in [1.54, 1.807) is 19.1 Å². The van der Waals surface area contributed by atoms with Crippen molar-refractivity contribution >= 4 is 11.7 Å². The molecule has 1 aliphatic rings. The number of nitrogens with zero attached hydrogens (tertiary/aromatic N) is 1. The van der Waals surface area contributed by atoms with Crippen LogP contribution in [0.15, 0.2) is 42.5 Å². The van der Waals surface area contributed by atoms with Gasteiger partial charge in [-0.3, -0.25) is 4.90 Å². The number of hydrogen-bond acceptors (Lipinski definition) is 3. The molecule has 24 heavy (non-hydrogen) atoms. The smallest absolute Gasteiger partial charge is 0.322 e. The number of carbonyl (C=O) groups is 1. The molecule has 1 atom stereocenters. The van der Waals surface area contributed by atoms with Crippen LogP contribution in [-0.4, -0.2) is 26.8 Å². The van der Waals surface area contributed by atoms with Crippen LogP contribution < -0.4 is 19.7 Å².